The number of hydrogen-bond donors (Lipinski definition) is 0. The van der Waals surface area contributed by atoms with E-state index in [0.717, 1.165) is 43.2 Å². The van der Waals surface area contributed by atoms with Crippen molar-refractivity contribution >= 4 is 17.2 Å². The summed E-state index contributed by atoms with van der Waals surface area (Å²) in [7, 11) is 0. The van der Waals surface area contributed by atoms with Gasteiger partial charge in [-0.05, 0) is 42.0 Å². The number of amides is 1. The van der Waals surface area contributed by atoms with Crippen LogP contribution in [0.4, 0.5) is 0 Å². The molecule has 3 rings (SSSR count). The summed E-state index contributed by atoms with van der Waals surface area (Å²) in [5.41, 5.74) is 3.82. The van der Waals surface area contributed by atoms with Crippen LogP contribution in [0.5, 0.6) is 0 Å². The minimum Gasteiger partial charge on any atom is -0.335 e. The molecule has 0 N–H and O–H groups in total. The van der Waals surface area contributed by atoms with Crippen LogP contribution in [0.15, 0.2) is 35.7 Å². The van der Waals surface area contributed by atoms with Crippen molar-refractivity contribution in [2.75, 3.05) is 26.2 Å². The first-order chi connectivity index (χ1) is 10.6. The predicted molar refractivity (Wildman–Crippen MR) is 91.4 cm³/mol. The van der Waals surface area contributed by atoms with E-state index in [2.05, 4.69) is 36.1 Å². The van der Waals surface area contributed by atoms with Gasteiger partial charge in [0.15, 0.2) is 0 Å². The first-order valence-electron chi connectivity index (χ1n) is 7.75. The number of thiophene rings is 1. The summed E-state index contributed by atoms with van der Waals surface area (Å²) in [6, 6.07) is 10.6. The average Bonchev–Trinajstić information content (AvgIpc) is 2.96. The summed E-state index contributed by atoms with van der Waals surface area (Å²) in [5, 5.41) is 2.00. The molecule has 2 aromatic rings. The quantitative estimate of drug-likeness (QED) is 0.867. The van der Waals surface area contributed by atoms with Gasteiger partial charge < -0.3 is 4.90 Å². The second kappa shape index (κ2) is 6.63. The minimum atomic E-state index is 0.197. The zero-order chi connectivity index (χ0) is 15.5. The number of aryl methyl sites for hydroxylation is 2. The molecule has 1 aromatic heterocycles. The first-order valence-corrected chi connectivity index (χ1v) is 8.63. The van der Waals surface area contributed by atoms with E-state index in [9.17, 15) is 4.79 Å². The Hall–Kier alpha value is -1.65. The smallest absolute Gasteiger partial charge is 0.264 e. The molecule has 0 atom stereocenters. The van der Waals surface area contributed by atoms with Gasteiger partial charge in [-0.1, -0.05) is 24.3 Å². The van der Waals surface area contributed by atoms with Crippen LogP contribution in [0.3, 0.4) is 0 Å². The third kappa shape index (κ3) is 3.23. The maximum absolute atomic E-state index is 12.5. The van der Waals surface area contributed by atoms with Crippen LogP contribution in [0, 0.1) is 13.8 Å². The maximum atomic E-state index is 12.5. The molecule has 0 aliphatic carbocycles. The van der Waals surface area contributed by atoms with Gasteiger partial charge in [0, 0.05) is 32.7 Å². The normalized spacial score (nSPS) is 16.0. The molecule has 0 saturated carbocycles. The van der Waals surface area contributed by atoms with Gasteiger partial charge in [0.25, 0.3) is 5.91 Å². The van der Waals surface area contributed by atoms with Gasteiger partial charge in [-0.15, -0.1) is 11.3 Å². The van der Waals surface area contributed by atoms with Crippen LogP contribution >= 0.6 is 11.3 Å². The number of hydrogen-bond acceptors (Lipinski definition) is 3. The molecule has 22 heavy (non-hydrogen) atoms. The topological polar surface area (TPSA) is 23.6 Å². The van der Waals surface area contributed by atoms with Gasteiger partial charge in [-0.25, -0.2) is 0 Å². The molecule has 4 heteroatoms. The summed E-state index contributed by atoms with van der Waals surface area (Å²) in [5.74, 6) is 0.197. The molecule has 3 nitrogen and oxygen atoms in total. The Bertz CT molecular complexity index is 657. The summed E-state index contributed by atoms with van der Waals surface area (Å²) in [4.78, 5) is 17.8. The van der Waals surface area contributed by atoms with Crippen molar-refractivity contribution in [2.45, 2.75) is 20.4 Å². The van der Waals surface area contributed by atoms with Crippen LogP contribution in [0.1, 0.15) is 26.4 Å². The van der Waals surface area contributed by atoms with Crippen molar-refractivity contribution in [3.05, 3.63) is 57.3 Å². The average molecular weight is 314 g/mol. The number of carbonyl (C=O) groups is 1. The number of nitrogens with zero attached hydrogens (tertiary/aromatic N) is 2. The van der Waals surface area contributed by atoms with E-state index in [0.29, 0.717) is 0 Å². The van der Waals surface area contributed by atoms with E-state index in [1.165, 1.54) is 11.1 Å². The second-order valence-electron chi connectivity index (χ2n) is 5.93. The Morgan fingerprint density at radius 1 is 1.05 bits per heavy atom. The van der Waals surface area contributed by atoms with E-state index < -0.39 is 0 Å². The predicted octanol–water partition coefficient (Wildman–Crippen LogP) is 3.32. The summed E-state index contributed by atoms with van der Waals surface area (Å²) < 4.78 is 0. The van der Waals surface area contributed by atoms with Gasteiger partial charge >= 0.3 is 0 Å². The second-order valence-corrected chi connectivity index (χ2v) is 6.84. The Morgan fingerprint density at radius 2 is 1.77 bits per heavy atom. The number of rotatable bonds is 3. The van der Waals surface area contributed by atoms with Crippen molar-refractivity contribution in [2.24, 2.45) is 0 Å². The largest absolute Gasteiger partial charge is 0.335 e. The molecular formula is C18H22N2OS. The zero-order valence-electron chi connectivity index (χ0n) is 13.2. The van der Waals surface area contributed by atoms with E-state index >= 15 is 0 Å². The molecule has 1 aliphatic rings. The van der Waals surface area contributed by atoms with Crippen LogP contribution in [0.25, 0.3) is 0 Å². The molecule has 1 fully saturated rings. The van der Waals surface area contributed by atoms with Gasteiger partial charge in [0.2, 0.25) is 0 Å². The summed E-state index contributed by atoms with van der Waals surface area (Å²) >= 11 is 1.55. The third-order valence-electron chi connectivity index (χ3n) is 4.37. The summed E-state index contributed by atoms with van der Waals surface area (Å²) in [6.45, 7) is 8.69. The van der Waals surface area contributed by atoms with Crippen molar-refractivity contribution in [3.8, 4) is 0 Å². The lowest BCUT2D eigenvalue weighted by Gasteiger charge is -2.35. The van der Waals surface area contributed by atoms with Gasteiger partial charge in [0.1, 0.15) is 0 Å². The molecule has 1 aliphatic heterocycles. The molecule has 116 valence electrons. The van der Waals surface area contributed by atoms with E-state index in [1.54, 1.807) is 11.3 Å². The van der Waals surface area contributed by atoms with E-state index in [1.807, 2.05) is 23.3 Å². The van der Waals surface area contributed by atoms with Crippen molar-refractivity contribution < 1.29 is 4.79 Å². The van der Waals surface area contributed by atoms with E-state index in [4.69, 9.17) is 0 Å². The van der Waals surface area contributed by atoms with Crippen LogP contribution in [-0.4, -0.2) is 41.9 Å². The fourth-order valence-corrected chi connectivity index (χ4v) is 3.77. The molecular weight excluding hydrogens is 292 g/mol. The molecule has 0 unspecified atom stereocenters. The lowest BCUT2D eigenvalue weighted by Crippen LogP contribution is -2.48. The van der Waals surface area contributed by atoms with Gasteiger partial charge in [-0.2, -0.15) is 0 Å². The Kier molecular flexibility index (Phi) is 4.60. The molecule has 1 saturated heterocycles. The standard InChI is InChI=1S/C18H22N2OS/c1-14-5-3-4-6-16(14)13-19-8-10-20(11-9-19)18(21)17-15(2)7-12-22-17/h3-7,12H,8-11,13H2,1-2H3. The Labute approximate surface area is 136 Å². The van der Waals surface area contributed by atoms with Crippen LogP contribution in [-0.2, 0) is 6.54 Å². The van der Waals surface area contributed by atoms with Crippen molar-refractivity contribution in [1.29, 1.82) is 0 Å². The number of benzene rings is 1. The zero-order valence-corrected chi connectivity index (χ0v) is 14.0. The third-order valence-corrected chi connectivity index (χ3v) is 5.38. The highest BCUT2D eigenvalue weighted by atomic mass is 32.1. The maximum Gasteiger partial charge on any atom is 0.264 e. The highest BCUT2D eigenvalue weighted by molar-refractivity contribution is 7.12. The molecule has 2 heterocycles. The lowest BCUT2D eigenvalue weighted by atomic mass is 10.1. The Balaban J connectivity index is 1.58. The molecule has 1 aromatic carbocycles. The van der Waals surface area contributed by atoms with E-state index in [-0.39, 0.29) is 5.91 Å². The van der Waals surface area contributed by atoms with Gasteiger partial charge in [-0.3, -0.25) is 9.69 Å². The first kappa shape index (κ1) is 15.3. The number of piperazine rings is 1. The van der Waals surface area contributed by atoms with Crippen LogP contribution in [0.2, 0.25) is 0 Å². The summed E-state index contributed by atoms with van der Waals surface area (Å²) in [6.07, 6.45) is 0. The Morgan fingerprint density at radius 3 is 2.41 bits per heavy atom. The number of carbonyl (C=O) groups excluding carboxylic acids is 1. The lowest BCUT2D eigenvalue weighted by molar-refractivity contribution is 0.0632. The minimum absolute atomic E-state index is 0.197. The van der Waals surface area contributed by atoms with Crippen LogP contribution < -0.4 is 0 Å². The molecule has 1 amide bonds. The van der Waals surface area contributed by atoms with Crippen molar-refractivity contribution in [3.63, 3.8) is 0 Å². The highest BCUT2D eigenvalue weighted by Gasteiger charge is 2.23. The molecule has 0 bridgehead atoms. The molecule has 0 spiro atoms. The van der Waals surface area contributed by atoms with Crippen molar-refractivity contribution in [1.82, 2.24) is 9.80 Å². The highest BCUT2D eigenvalue weighted by Crippen LogP contribution is 2.19. The fourth-order valence-electron chi connectivity index (χ4n) is 2.87. The fraction of sp³-hybridized carbons (Fsp3) is 0.389. The molecule has 0 radical (unpaired) electrons. The van der Waals surface area contributed by atoms with Gasteiger partial charge in [0.05, 0.1) is 4.88 Å². The monoisotopic (exact) mass is 314 g/mol. The SMILES string of the molecule is Cc1ccccc1CN1CCN(C(=O)c2sccc2C)CC1.